The van der Waals surface area contributed by atoms with Gasteiger partial charge in [-0.05, 0) is 16.3 Å². The van der Waals surface area contributed by atoms with Gasteiger partial charge in [0.25, 0.3) is 15.7 Å². The van der Waals surface area contributed by atoms with E-state index in [1.807, 2.05) is 60.7 Å². The smallest absolute Gasteiger partial charge is 0.289 e. The first kappa shape index (κ1) is 13.3. The summed E-state index contributed by atoms with van der Waals surface area (Å²) in [6.07, 6.45) is 2.10. The van der Waals surface area contributed by atoms with Crippen LogP contribution in [0.25, 0.3) is 11.3 Å². The summed E-state index contributed by atoms with van der Waals surface area (Å²) in [6, 6.07) is 20.2. The van der Waals surface area contributed by atoms with Crippen LogP contribution < -0.4 is 0 Å². The zero-order valence-corrected chi connectivity index (χ0v) is 12.3. The van der Waals surface area contributed by atoms with E-state index in [1.165, 1.54) is 6.92 Å². The quantitative estimate of drug-likeness (QED) is 0.629. The van der Waals surface area contributed by atoms with E-state index in [4.69, 9.17) is 4.43 Å². The molecule has 0 fully saturated rings. The summed E-state index contributed by atoms with van der Waals surface area (Å²) in [4.78, 5) is 11.0. The molecule has 0 saturated heterocycles. The molecule has 0 N–H and O–H groups in total. The predicted molar refractivity (Wildman–Crippen MR) is 81.1 cm³/mol. The van der Waals surface area contributed by atoms with Gasteiger partial charge in [-0.25, -0.2) is 0 Å². The van der Waals surface area contributed by atoms with Crippen LogP contribution in [0.1, 0.15) is 18.1 Å². The molecule has 2 aromatic carbocycles. The average Bonchev–Trinajstić information content (AvgIpc) is 2.45. The van der Waals surface area contributed by atoms with Crippen LogP contribution in [0.5, 0.6) is 0 Å². The van der Waals surface area contributed by atoms with Gasteiger partial charge in [0, 0.05) is 6.92 Å². The van der Waals surface area contributed by atoms with Gasteiger partial charge in [-0.1, -0.05) is 66.7 Å². The van der Waals surface area contributed by atoms with Crippen LogP contribution in [-0.4, -0.2) is 15.7 Å². The molecule has 0 bridgehead atoms. The van der Waals surface area contributed by atoms with E-state index < -0.39 is 9.76 Å². The van der Waals surface area contributed by atoms with Gasteiger partial charge in [0.1, 0.15) is 0 Å². The van der Waals surface area contributed by atoms with Crippen LogP contribution in [0.4, 0.5) is 0 Å². The molecule has 0 spiro atoms. The Morgan fingerprint density at radius 3 is 2.16 bits per heavy atom. The number of carbonyl (C=O) groups excluding carboxylic acids is 1. The highest BCUT2D eigenvalue weighted by Gasteiger charge is 2.05. The molecule has 0 aromatic heterocycles. The maximum absolute atomic E-state index is 11.0. The van der Waals surface area contributed by atoms with Gasteiger partial charge in [0.2, 0.25) is 0 Å². The Labute approximate surface area is 115 Å². The third kappa shape index (κ3) is 4.23. The lowest BCUT2D eigenvalue weighted by atomic mass is 10.1. The molecule has 0 radical (unpaired) electrons. The van der Waals surface area contributed by atoms with E-state index in [9.17, 15) is 4.79 Å². The molecule has 2 rings (SSSR count). The van der Waals surface area contributed by atoms with Crippen molar-refractivity contribution in [2.24, 2.45) is 0 Å². The second-order valence-electron chi connectivity index (χ2n) is 4.23. The lowest BCUT2D eigenvalue weighted by molar-refractivity contribution is -0.131. The van der Waals surface area contributed by atoms with Gasteiger partial charge < -0.3 is 4.43 Å². The minimum Gasteiger partial charge on any atom is -0.521 e. The van der Waals surface area contributed by atoms with E-state index in [0.717, 1.165) is 16.3 Å². The van der Waals surface area contributed by atoms with E-state index in [1.54, 1.807) is 0 Å². The molecule has 19 heavy (non-hydrogen) atoms. The van der Waals surface area contributed by atoms with Crippen LogP contribution in [0, 0.1) is 0 Å². The zero-order valence-electron chi connectivity index (χ0n) is 10.9. The summed E-state index contributed by atoms with van der Waals surface area (Å²) in [5.41, 5.74) is 2.25. The summed E-state index contributed by atoms with van der Waals surface area (Å²) >= 11 is 0. The number of rotatable bonds is 4. The van der Waals surface area contributed by atoms with Crippen LogP contribution >= 0.6 is 0 Å². The summed E-state index contributed by atoms with van der Waals surface area (Å²) < 4.78 is 5.26. The van der Waals surface area contributed by atoms with Crippen LogP contribution in [-0.2, 0) is 9.22 Å². The fourth-order valence-corrected chi connectivity index (χ4v) is 2.87. The summed E-state index contributed by atoms with van der Waals surface area (Å²) in [5.74, 6) is -0.207. The minimum atomic E-state index is -1.05. The molecule has 96 valence electrons. The standard InChI is InChI=1S/C16H16O2Si/c1-13(17)18-19-16(15-10-6-3-7-11-15)12-14-8-4-2-5-9-14/h2-12H,19H2,1H3. The molecule has 0 heterocycles. The Morgan fingerprint density at radius 1 is 1.00 bits per heavy atom. The molecule has 0 saturated carbocycles. The molecule has 0 atom stereocenters. The van der Waals surface area contributed by atoms with Crippen LogP contribution in [0.3, 0.4) is 0 Å². The normalized spacial score (nSPS) is 11.7. The van der Waals surface area contributed by atoms with Gasteiger partial charge in [0.05, 0.1) is 0 Å². The number of hydrogen-bond donors (Lipinski definition) is 0. The van der Waals surface area contributed by atoms with Crippen molar-refractivity contribution in [1.82, 2.24) is 0 Å². The zero-order chi connectivity index (χ0) is 13.5. The van der Waals surface area contributed by atoms with E-state index >= 15 is 0 Å². The fraction of sp³-hybridized carbons (Fsp3) is 0.0625. The Bertz CT molecular complexity index is 562. The first-order chi connectivity index (χ1) is 9.25. The highest BCUT2D eigenvalue weighted by molar-refractivity contribution is 6.58. The maximum atomic E-state index is 11.0. The first-order valence-corrected chi connectivity index (χ1v) is 7.48. The molecule has 2 aromatic rings. The van der Waals surface area contributed by atoms with Gasteiger partial charge >= 0.3 is 0 Å². The number of carbonyl (C=O) groups is 1. The maximum Gasteiger partial charge on any atom is 0.289 e. The molecule has 0 aliphatic heterocycles. The molecule has 0 aliphatic carbocycles. The van der Waals surface area contributed by atoms with Gasteiger partial charge in [-0.15, -0.1) is 0 Å². The first-order valence-electron chi connectivity index (χ1n) is 6.20. The van der Waals surface area contributed by atoms with Gasteiger partial charge in [0.15, 0.2) is 0 Å². The Morgan fingerprint density at radius 2 is 1.58 bits per heavy atom. The second kappa shape index (κ2) is 6.71. The molecule has 2 nitrogen and oxygen atoms in total. The third-order valence-corrected chi connectivity index (χ3v) is 4.19. The highest BCUT2D eigenvalue weighted by atomic mass is 28.2. The Balaban J connectivity index is 2.29. The van der Waals surface area contributed by atoms with E-state index in [2.05, 4.69) is 6.08 Å². The van der Waals surface area contributed by atoms with Gasteiger partial charge in [-0.3, -0.25) is 4.79 Å². The van der Waals surface area contributed by atoms with Crippen LogP contribution in [0.2, 0.25) is 0 Å². The number of benzene rings is 2. The summed E-state index contributed by atoms with van der Waals surface area (Å²) in [5, 5.41) is 1.13. The fourth-order valence-electron chi connectivity index (χ4n) is 1.79. The highest BCUT2D eigenvalue weighted by Crippen LogP contribution is 2.17. The predicted octanol–water partition coefficient (Wildman–Crippen LogP) is 2.83. The lowest BCUT2D eigenvalue weighted by Crippen LogP contribution is -2.06. The van der Waals surface area contributed by atoms with Crippen molar-refractivity contribution in [2.75, 3.05) is 0 Å². The second-order valence-corrected chi connectivity index (χ2v) is 5.57. The summed E-state index contributed by atoms with van der Waals surface area (Å²) in [7, 11) is -1.05. The van der Waals surface area contributed by atoms with Crippen molar-refractivity contribution >= 4 is 27.0 Å². The minimum absolute atomic E-state index is 0.207. The molecular weight excluding hydrogens is 252 g/mol. The summed E-state index contributed by atoms with van der Waals surface area (Å²) in [6.45, 7) is 1.46. The van der Waals surface area contributed by atoms with E-state index in [0.29, 0.717) is 0 Å². The number of hydrogen-bond acceptors (Lipinski definition) is 2. The van der Waals surface area contributed by atoms with Crippen molar-refractivity contribution in [1.29, 1.82) is 0 Å². The van der Waals surface area contributed by atoms with Gasteiger partial charge in [-0.2, -0.15) is 0 Å². The van der Waals surface area contributed by atoms with Crippen molar-refractivity contribution in [3.05, 3.63) is 71.8 Å². The topological polar surface area (TPSA) is 26.3 Å². The SMILES string of the molecule is CC(=O)O[SiH2]C(=Cc1ccccc1)c1ccccc1. The molecule has 0 aliphatic rings. The van der Waals surface area contributed by atoms with Crippen molar-refractivity contribution in [2.45, 2.75) is 6.92 Å². The largest absolute Gasteiger partial charge is 0.521 e. The van der Waals surface area contributed by atoms with Crippen molar-refractivity contribution in [3.8, 4) is 0 Å². The van der Waals surface area contributed by atoms with Crippen molar-refractivity contribution in [3.63, 3.8) is 0 Å². The lowest BCUT2D eigenvalue weighted by Gasteiger charge is -2.08. The molecule has 0 unspecified atom stereocenters. The van der Waals surface area contributed by atoms with E-state index in [-0.39, 0.29) is 5.97 Å². The Kier molecular flexibility index (Phi) is 4.70. The van der Waals surface area contributed by atoms with Crippen molar-refractivity contribution < 1.29 is 9.22 Å². The molecule has 0 amide bonds. The molecule has 3 heteroatoms. The van der Waals surface area contributed by atoms with Crippen LogP contribution in [0.15, 0.2) is 60.7 Å². The third-order valence-electron chi connectivity index (χ3n) is 2.72. The Hall–Kier alpha value is -2.13. The average molecular weight is 268 g/mol. The molecular formula is C16H16O2Si. The monoisotopic (exact) mass is 268 g/mol.